The van der Waals surface area contributed by atoms with Crippen molar-refractivity contribution in [1.82, 2.24) is 10.2 Å². The zero-order chi connectivity index (χ0) is 23.4. The third-order valence-corrected chi connectivity index (χ3v) is 6.52. The number of carbonyl (C=O) groups excluding carboxylic acids is 2. The van der Waals surface area contributed by atoms with Crippen molar-refractivity contribution in [2.75, 3.05) is 19.6 Å². The molecule has 1 N–H and O–H groups in total. The maximum Gasteiger partial charge on any atom is 0.227 e. The molecule has 0 unspecified atom stereocenters. The average Bonchev–Trinajstić information content (AvgIpc) is 2.77. The van der Waals surface area contributed by atoms with Gasteiger partial charge in [-0.2, -0.15) is 0 Å². The number of carbonyl (C=O) groups is 2. The molecule has 1 aliphatic heterocycles. The largest absolute Gasteiger partial charge is 0.352 e. The molecule has 0 radical (unpaired) electrons. The maximum atomic E-state index is 13.4. The Hall–Kier alpha value is -2.88. The molecule has 0 saturated carbocycles. The van der Waals surface area contributed by atoms with Crippen LogP contribution in [0.1, 0.15) is 44.7 Å². The number of hydrogen-bond acceptors (Lipinski definition) is 2. The van der Waals surface area contributed by atoms with E-state index in [9.17, 15) is 9.59 Å². The van der Waals surface area contributed by atoms with Gasteiger partial charge in [0.1, 0.15) is 0 Å². The number of aryl methyl sites for hydroxylation is 1. The molecule has 0 bridgehead atoms. The monoisotopic (exact) mass is 432 g/mol. The SMILES string of the molecule is C=CCNC(=O)C1(Cc2ccccc2-c2ccccc2C)CCN(C(=O)C(C)(C)C)CC1. The first-order chi connectivity index (χ1) is 15.2. The molecule has 1 fully saturated rings. The summed E-state index contributed by atoms with van der Waals surface area (Å²) in [6.45, 7) is 13.4. The van der Waals surface area contributed by atoms with Crippen LogP contribution in [-0.4, -0.2) is 36.3 Å². The van der Waals surface area contributed by atoms with Crippen LogP contribution in [0.5, 0.6) is 0 Å². The fraction of sp³-hybridized carbons (Fsp3) is 0.429. The second-order valence-corrected chi connectivity index (χ2v) is 9.97. The van der Waals surface area contributed by atoms with Crippen molar-refractivity contribution in [3.8, 4) is 11.1 Å². The highest BCUT2D eigenvalue weighted by molar-refractivity contribution is 5.85. The molecule has 170 valence electrons. The summed E-state index contributed by atoms with van der Waals surface area (Å²) in [7, 11) is 0. The minimum atomic E-state index is -0.545. The van der Waals surface area contributed by atoms with E-state index in [1.807, 2.05) is 37.8 Å². The van der Waals surface area contributed by atoms with Gasteiger partial charge >= 0.3 is 0 Å². The Morgan fingerprint density at radius 2 is 1.62 bits per heavy atom. The Bertz CT molecular complexity index is 979. The predicted molar refractivity (Wildman–Crippen MR) is 131 cm³/mol. The molecule has 4 nitrogen and oxygen atoms in total. The number of rotatable bonds is 6. The highest BCUT2D eigenvalue weighted by Crippen LogP contribution is 2.39. The Kier molecular flexibility index (Phi) is 7.22. The van der Waals surface area contributed by atoms with Crippen molar-refractivity contribution in [3.63, 3.8) is 0 Å². The van der Waals surface area contributed by atoms with E-state index < -0.39 is 10.8 Å². The molecule has 4 heteroatoms. The molecular formula is C28H36N2O2. The molecule has 2 aromatic carbocycles. The summed E-state index contributed by atoms with van der Waals surface area (Å²) in [5.74, 6) is 0.206. The van der Waals surface area contributed by atoms with Crippen LogP contribution in [0.15, 0.2) is 61.2 Å². The number of hydrogen-bond donors (Lipinski definition) is 1. The third kappa shape index (κ3) is 5.12. The second-order valence-electron chi connectivity index (χ2n) is 9.97. The maximum absolute atomic E-state index is 13.4. The van der Waals surface area contributed by atoms with Gasteiger partial charge < -0.3 is 10.2 Å². The number of nitrogens with zero attached hydrogens (tertiary/aromatic N) is 1. The lowest BCUT2D eigenvalue weighted by molar-refractivity contribution is -0.145. The Balaban J connectivity index is 1.93. The molecule has 2 amide bonds. The van der Waals surface area contributed by atoms with E-state index in [1.54, 1.807) is 6.08 Å². The summed E-state index contributed by atoms with van der Waals surface area (Å²) < 4.78 is 0. The van der Waals surface area contributed by atoms with Gasteiger partial charge in [-0.25, -0.2) is 0 Å². The molecule has 3 rings (SSSR count). The van der Waals surface area contributed by atoms with E-state index in [-0.39, 0.29) is 11.8 Å². The predicted octanol–water partition coefficient (Wildman–Crippen LogP) is 5.16. The van der Waals surface area contributed by atoms with Gasteiger partial charge in [0, 0.05) is 25.0 Å². The number of likely N-dealkylation sites (tertiary alicyclic amines) is 1. The lowest BCUT2D eigenvalue weighted by Crippen LogP contribution is -2.53. The summed E-state index contributed by atoms with van der Waals surface area (Å²) >= 11 is 0. The average molecular weight is 433 g/mol. The smallest absolute Gasteiger partial charge is 0.227 e. The lowest BCUT2D eigenvalue weighted by Gasteiger charge is -2.42. The number of benzene rings is 2. The van der Waals surface area contributed by atoms with Gasteiger partial charge in [0.15, 0.2) is 0 Å². The first kappa shape index (κ1) is 23.8. The standard InChI is InChI=1S/C28H36N2O2/c1-6-17-29-25(31)28(15-18-30(19-16-28)26(32)27(3,4)5)20-22-12-8-10-14-24(22)23-13-9-7-11-21(23)2/h6-14H,1,15-20H2,2-5H3,(H,29,31). The van der Waals surface area contributed by atoms with Crippen LogP contribution >= 0.6 is 0 Å². The molecule has 0 atom stereocenters. The summed E-state index contributed by atoms with van der Waals surface area (Å²) in [6, 6.07) is 16.8. The number of piperidine rings is 1. The highest BCUT2D eigenvalue weighted by atomic mass is 16.2. The molecule has 0 spiro atoms. The second kappa shape index (κ2) is 9.72. The molecule has 0 aliphatic carbocycles. The van der Waals surface area contributed by atoms with E-state index >= 15 is 0 Å². The van der Waals surface area contributed by atoms with Gasteiger partial charge in [0.2, 0.25) is 11.8 Å². The molecule has 1 heterocycles. The minimum Gasteiger partial charge on any atom is -0.352 e. The van der Waals surface area contributed by atoms with E-state index in [1.165, 1.54) is 22.3 Å². The van der Waals surface area contributed by atoms with Crippen molar-refractivity contribution < 1.29 is 9.59 Å². The van der Waals surface area contributed by atoms with Crippen LogP contribution in [-0.2, 0) is 16.0 Å². The van der Waals surface area contributed by atoms with Crippen molar-refractivity contribution >= 4 is 11.8 Å². The van der Waals surface area contributed by atoms with Crippen LogP contribution in [0.25, 0.3) is 11.1 Å². The molecule has 1 aliphatic rings. The topological polar surface area (TPSA) is 49.4 Å². The van der Waals surface area contributed by atoms with Gasteiger partial charge in [-0.15, -0.1) is 6.58 Å². The van der Waals surface area contributed by atoms with Gasteiger partial charge in [0.25, 0.3) is 0 Å². The van der Waals surface area contributed by atoms with Crippen LogP contribution in [0.3, 0.4) is 0 Å². The van der Waals surface area contributed by atoms with Crippen LogP contribution in [0.2, 0.25) is 0 Å². The number of amides is 2. The van der Waals surface area contributed by atoms with Gasteiger partial charge in [-0.1, -0.05) is 75.4 Å². The van der Waals surface area contributed by atoms with Gasteiger partial charge in [-0.05, 0) is 48.4 Å². The van der Waals surface area contributed by atoms with E-state index in [0.717, 1.165) is 0 Å². The van der Waals surface area contributed by atoms with Crippen molar-refractivity contribution in [2.45, 2.75) is 47.0 Å². The minimum absolute atomic E-state index is 0.0554. The molecule has 32 heavy (non-hydrogen) atoms. The normalized spacial score (nSPS) is 15.8. The van der Waals surface area contributed by atoms with Crippen molar-refractivity contribution in [3.05, 3.63) is 72.3 Å². The van der Waals surface area contributed by atoms with Crippen LogP contribution < -0.4 is 5.32 Å². The summed E-state index contributed by atoms with van der Waals surface area (Å²) in [5.41, 5.74) is 3.81. The first-order valence-corrected chi connectivity index (χ1v) is 11.5. The fourth-order valence-corrected chi connectivity index (χ4v) is 4.63. The summed E-state index contributed by atoms with van der Waals surface area (Å²) in [5, 5.41) is 3.05. The fourth-order valence-electron chi connectivity index (χ4n) is 4.63. The van der Waals surface area contributed by atoms with Crippen molar-refractivity contribution in [2.24, 2.45) is 10.8 Å². The molecule has 0 aromatic heterocycles. The Labute approximate surface area is 192 Å². The number of nitrogens with one attached hydrogen (secondary N) is 1. The van der Waals surface area contributed by atoms with E-state index in [0.29, 0.717) is 38.9 Å². The van der Waals surface area contributed by atoms with Crippen LogP contribution in [0, 0.1) is 17.8 Å². The van der Waals surface area contributed by atoms with Gasteiger partial charge in [0.05, 0.1) is 5.41 Å². The Morgan fingerprint density at radius 1 is 1.03 bits per heavy atom. The highest BCUT2D eigenvalue weighted by Gasteiger charge is 2.43. The van der Waals surface area contributed by atoms with E-state index in [4.69, 9.17) is 0 Å². The van der Waals surface area contributed by atoms with Crippen molar-refractivity contribution in [1.29, 1.82) is 0 Å². The summed E-state index contributed by atoms with van der Waals surface area (Å²) in [6.07, 6.45) is 3.67. The first-order valence-electron chi connectivity index (χ1n) is 11.5. The lowest BCUT2D eigenvalue weighted by atomic mass is 9.71. The molecule has 1 saturated heterocycles. The van der Waals surface area contributed by atoms with Crippen LogP contribution in [0.4, 0.5) is 0 Å². The van der Waals surface area contributed by atoms with E-state index in [2.05, 4.69) is 55.2 Å². The Morgan fingerprint density at radius 3 is 2.22 bits per heavy atom. The molecule has 2 aromatic rings. The third-order valence-electron chi connectivity index (χ3n) is 6.52. The zero-order valence-corrected chi connectivity index (χ0v) is 19.9. The quantitative estimate of drug-likeness (QED) is 0.641. The molecular weight excluding hydrogens is 396 g/mol. The van der Waals surface area contributed by atoms with Gasteiger partial charge in [-0.3, -0.25) is 9.59 Å². The zero-order valence-electron chi connectivity index (χ0n) is 19.9. The summed E-state index contributed by atoms with van der Waals surface area (Å²) in [4.78, 5) is 28.2.